The van der Waals surface area contributed by atoms with Gasteiger partial charge in [0.1, 0.15) is 4.90 Å². The van der Waals surface area contributed by atoms with Crippen LogP contribution in [-0.4, -0.2) is 31.6 Å². The molecule has 12 heteroatoms. The van der Waals surface area contributed by atoms with Crippen molar-refractivity contribution in [2.75, 3.05) is 7.11 Å². The van der Waals surface area contributed by atoms with Crippen molar-refractivity contribution >= 4 is 82.6 Å². The molecule has 1 saturated heterocycles. The third-order valence-corrected chi connectivity index (χ3v) is 8.76. The van der Waals surface area contributed by atoms with Crippen LogP contribution in [-0.2, 0) is 21.5 Å². The molecule has 0 atom stereocenters. The quantitative estimate of drug-likeness (QED) is 0.200. The van der Waals surface area contributed by atoms with Crippen molar-refractivity contribution in [1.29, 1.82) is 0 Å². The molecule has 0 unspecified atom stereocenters. The van der Waals surface area contributed by atoms with E-state index in [4.69, 9.17) is 20.5 Å². The first-order valence-corrected chi connectivity index (χ1v) is 14.3. The summed E-state index contributed by atoms with van der Waals surface area (Å²) in [6.45, 7) is 0.131. The van der Waals surface area contributed by atoms with Crippen LogP contribution in [0.15, 0.2) is 79.4 Å². The molecule has 1 fully saturated rings. The number of methoxy groups -OCH3 is 1. The minimum Gasteiger partial charge on any atom is -0.493 e. The van der Waals surface area contributed by atoms with Gasteiger partial charge in [-0.2, -0.15) is 8.42 Å². The molecule has 2 amide bonds. The standard InChI is InChI=1S/C24H16Br2ClNO6S2/c1-33-20-11-14(10-19(26)22(20)34-36(31,32)17-8-6-16(27)7-9-17)12-21-23(29)28(24(30)35-21)13-15-4-2-3-5-18(15)25/h2-12H,13H2,1H3/b21-12-. The molecule has 3 aromatic rings. The number of imide groups is 1. The zero-order valence-electron chi connectivity index (χ0n) is 18.4. The van der Waals surface area contributed by atoms with Crippen LogP contribution in [0.5, 0.6) is 11.5 Å². The van der Waals surface area contributed by atoms with Gasteiger partial charge in [0.2, 0.25) is 0 Å². The molecular formula is C24H16Br2ClNO6S2. The molecule has 4 rings (SSSR count). The highest BCUT2D eigenvalue weighted by Crippen LogP contribution is 2.41. The van der Waals surface area contributed by atoms with Crippen LogP contribution < -0.4 is 8.92 Å². The van der Waals surface area contributed by atoms with Gasteiger partial charge in [-0.15, -0.1) is 0 Å². The van der Waals surface area contributed by atoms with E-state index < -0.39 is 16.0 Å². The average Bonchev–Trinajstić information content (AvgIpc) is 3.09. The van der Waals surface area contributed by atoms with E-state index >= 15 is 0 Å². The summed E-state index contributed by atoms with van der Waals surface area (Å²) in [5, 5.41) is -0.0000682. The molecule has 0 aromatic heterocycles. The van der Waals surface area contributed by atoms with E-state index in [0.29, 0.717) is 10.6 Å². The van der Waals surface area contributed by atoms with Crippen molar-refractivity contribution in [3.8, 4) is 11.5 Å². The van der Waals surface area contributed by atoms with E-state index in [1.807, 2.05) is 24.3 Å². The Morgan fingerprint density at radius 1 is 1.03 bits per heavy atom. The summed E-state index contributed by atoms with van der Waals surface area (Å²) in [4.78, 5) is 26.8. The second-order valence-electron chi connectivity index (χ2n) is 7.38. The van der Waals surface area contributed by atoms with E-state index in [2.05, 4.69) is 31.9 Å². The third kappa shape index (κ3) is 5.81. The van der Waals surface area contributed by atoms with E-state index in [9.17, 15) is 18.0 Å². The Kier molecular flexibility index (Phi) is 8.15. The number of hydrogen-bond acceptors (Lipinski definition) is 7. The van der Waals surface area contributed by atoms with Gasteiger partial charge in [0.05, 0.1) is 23.0 Å². The van der Waals surface area contributed by atoms with Crippen LogP contribution in [0.1, 0.15) is 11.1 Å². The minimum absolute atomic E-state index is 0.0633. The van der Waals surface area contributed by atoms with Gasteiger partial charge in [0.25, 0.3) is 11.1 Å². The van der Waals surface area contributed by atoms with Gasteiger partial charge in [0.15, 0.2) is 11.5 Å². The Labute approximate surface area is 233 Å². The van der Waals surface area contributed by atoms with Crippen LogP contribution >= 0.6 is 55.2 Å². The lowest BCUT2D eigenvalue weighted by Crippen LogP contribution is -2.27. The number of halogens is 3. The molecular weight excluding hydrogens is 658 g/mol. The Morgan fingerprint density at radius 2 is 1.72 bits per heavy atom. The molecule has 0 radical (unpaired) electrons. The zero-order valence-corrected chi connectivity index (χ0v) is 24.0. The molecule has 1 aliphatic heterocycles. The molecule has 1 heterocycles. The van der Waals surface area contributed by atoms with Crippen molar-refractivity contribution in [2.24, 2.45) is 0 Å². The predicted octanol–water partition coefficient (Wildman–Crippen LogP) is 6.88. The highest BCUT2D eigenvalue weighted by atomic mass is 79.9. The summed E-state index contributed by atoms with van der Waals surface area (Å²) in [6.07, 6.45) is 1.54. The summed E-state index contributed by atoms with van der Waals surface area (Å²) in [5.41, 5.74) is 1.30. The number of ether oxygens (including phenoxy) is 1. The van der Waals surface area contributed by atoms with Crippen molar-refractivity contribution in [3.63, 3.8) is 0 Å². The molecule has 0 saturated carbocycles. The van der Waals surface area contributed by atoms with Gasteiger partial charge in [-0.05, 0) is 87.4 Å². The lowest BCUT2D eigenvalue weighted by molar-refractivity contribution is -0.123. The zero-order chi connectivity index (χ0) is 26.0. The monoisotopic (exact) mass is 671 g/mol. The second kappa shape index (κ2) is 11.0. The smallest absolute Gasteiger partial charge is 0.339 e. The van der Waals surface area contributed by atoms with E-state index in [0.717, 1.165) is 21.8 Å². The van der Waals surface area contributed by atoms with Crippen LogP contribution in [0.3, 0.4) is 0 Å². The number of thioether (sulfide) groups is 1. The molecule has 0 bridgehead atoms. The summed E-state index contributed by atoms with van der Waals surface area (Å²) < 4.78 is 37.2. The highest BCUT2D eigenvalue weighted by Gasteiger charge is 2.35. The molecule has 0 aliphatic carbocycles. The van der Waals surface area contributed by atoms with Gasteiger partial charge in [-0.25, -0.2) is 0 Å². The van der Waals surface area contributed by atoms with E-state index in [1.54, 1.807) is 6.07 Å². The van der Waals surface area contributed by atoms with Crippen molar-refractivity contribution in [2.45, 2.75) is 11.4 Å². The predicted molar refractivity (Wildman–Crippen MR) is 146 cm³/mol. The van der Waals surface area contributed by atoms with Gasteiger partial charge in [0, 0.05) is 9.50 Å². The SMILES string of the molecule is COc1cc(/C=C2\SC(=O)N(Cc3ccccc3Br)C2=O)cc(Br)c1OS(=O)(=O)c1ccc(Cl)cc1. The molecule has 7 nitrogen and oxygen atoms in total. The van der Waals surface area contributed by atoms with Crippen LogP contribution in [0, 0.1) is 0 Å². The van der Waals surface area contributed by atoms with Crippen molar-refractivity contribution < 1.29 is 26.9 Å². The third-order valence-electron chi connectivity index (χ3n) is 5.00. The Hall–Kier alpha value is -2.31. The molecule has 3 aromatic carbocycles. The van der Waals surface area contributed by atoms with Crippen LogP contribution in [0.2, 0.25) is 5.02 Å². The normalized spacial score (nSPS) is 15.0. The van der Waals surface area contributed by atoms with Crippen LogP contribution in [0.25, 0.3) is 6.08 Å². The van der Waals surface area contributed by atoms with Crippen molar-refractivity contribution in [3.05, 3.63) is 90.7 Å². The second-order valence-corrected chi connectivity index (χ2v) is 12.1. The fourth-order valence-corrected chi connectivity index (χ4v) is 6.23. The van der Waals surface area contributed by atoms with Gasteiger partial charge in [-0.3, -0.25) is 14.5 Å². The highest BCUT2D eigenvalue weighted by molar-refractivity contribution is 9.10. The fourth-order valence-electron chi connectivity index (χ4n) is 3.25. The topological polar surface area (TPSA) is 90.0 Å². The maximum absolute atomic E-state index is 13.0. The molecule has 0 N–H and O–H groups in total. The molecule has 0 spiro atoms. The Bertz CT molecular complexity index is 1490. The maximum Gasteiger partial charge on any atom is 0.339 e. The lowest BCUT2D eigenvalue weighted by Gasteiger charge is -2.14. The Balaban J connectivity index is 1.60. The number of carbonyl (C=O) groups is 2. The van der Waals surface area contributed by atoms with Crippen LogP contribution in [0.4, 0.5) is 4.79 Å². The largest absolute Gasteiger partial charge is 0.493 e. The first-order valence-electron chi connectivity index (χ1n) is 10.2. The average molecular weight is 674 g/mol. The minimum atomic E-state index is -4.17. The number of carbonyl (C=O) groups excluding carboxylic acids is 2. The van der Waals surface area contributed by atoms with E-state index in [-0.39, 0.29) is 37.6 Å². The first-order chi connectivity index (χ1) is 17.1. The lowest BCUT2D eigenvalue weighted by atomic mass is 10.1. The summed E-state index contributed by atoms with van der Waals surface area (Å²) in [7, 11) is -2.81. The number of hydrogen-bond donors (Lipinski definition) is 0. The van der Waals surface area contributed by atoms with Crippen molar-refractivity contribution in [1.82, 2.24) is 4.90 Å². The molecule has 1 aliphatic rings. The molecule has 36 heavy (non-hydrogen) atoms. The van der Waals surface area contributed by atoms with Gasteiger partial charge < -0.3 is 8.92 Å². The first kappa shape index (κ1) is 26.7. The number of rotatable bonds is 7. The fraction of sp³-hybridized carbons (Fsp3) is 0.0833. The summed E-state index contributed by atoms with van der Waals surface area (Å²) in [6, 6.07) is 16.0. The Morgan fingerprint density at radius 3 is 2.39 bits per heavy atom. The summed E-state index contributed by atoms with van der Waals surface area (Å²) in [5.74, 6) is -0.381. The summed E-state index contributed by atoms with van der Waals surface area (Å²) >= 11 is 13.4. The number of benzene rings is 3. The van der Waals surface area contributed by atoms with E-state index in [1.165, 1.54) is 48.4 Å². The maximum atomic E-state index is 13.0. The number of nitrogens with zero attached hydrogens (tertiary/aromatic N) is 1. The molecule has 186 valence electrons. The number of amides is 2. The van der Waals surface area contributed by atoms with Gasteiger partial charge >= 0.3 is 10.1 Å². The van der Waals surface area contributed by atoms with Gasteiger partial charge in [-0.1, -0.05) is 45.7 Å².